The average molecular weight is 290 g/mol. The third-order valence-electron chi connectivity index (χ3n) is 3.29. The van der Waals surface area contributed by atoms with Crippen LogP contribution in [-0.4, -0.2) is 44.9 Å². The Morgan fingerprint density at radius 1 is 1.29 bits per heavy atom. The van der Waals surface area contributed by atoms with E-state index in [-0.39, 0.29) is 0 Å². The summed E-state index contributed by atoms with van der Waals surface area (Å²) in [5.74, 6) is 6.73. The van der Waals surface area contributed by atoms with Crippen LogP contribution in [0.3, 0.4) is 0 Å². The molecule has 0 aliphatic rings. The van der Waals surface area contributed by atoms with Crippen LogP contribution in [0.2, 0.25) is 0 Å². The number of benzene rings is 1. The van der Waals surface area contributed by atoms with Gasteiger partial charge < -0.3 is 15.2 Å². The minimum absolute atomic E-state index is 0.347. The van der Waals surface area contributed by atoms with Gasteiger partial charge in [0.25, 0.3) is 0 Å². The Morgan fingerprint density at radius 3 is 2.62 bits per heavy atom. The number of nitrogens with zero attached hydrogens (tertiary/aromatic N) is 1. The molecule has 0 heterocycles. The van der Waals surface area contributed by atoms with E-state index in [1.54, 1.807) is 14.2 Å². The van der Waals surface area contributed by atoms with Crippen molar-refractivity contribution in [2.24, 2.45) is 5.73 Å². The monoisotopic (exact) mass is 290 g/mol. The van der Waals surface area contributed by atoms with E-state index in [0.29, 0.717) is 12.6 Å². The quantitative estimate of drug-likeness (QED) is 0.779. The lowest BCUT2D eigenvalue weighted by Gasteiger charge is -2.26. The first-order valence-electron chi connectivity index (χ1n) is 7.21. The van der Waals surface area contributed by atoms with Gasteiger partial charge in [-0.3, -0.25) is 4.90 Å². The molecule has 0 fully saturated rings. The third-order valence-corrected chi connectivity index (χ3v) is 3.29. The third kappa shape index (κ3) is 5.76. The molecule has 4 nitrogen and oxygen atoms in total. The summed E-state index contributed by atoms with van der Waals surface area (Å²) in [5, 5.41) is 0. The minimum Gasteiger partial charge on any atom is -0.495 e. The molecule has 0 unspecified atom stereocenters. The number of ether oxygens (including phenoxy) is 2. The smallest absolute Gasteiger partial charge is 0.134 e. The first kappa shape index (κ1) is 17.5. The summed E-state index contributed by atoms with van der Waals surface area (Å²) in [5.41, 5.74) is 7.54. The SMILES string of the molecule is COCCN(Cc1ccc(OC)c(C#CCN)c1)C(C)C. The Labute approximate surface area is 128 Å². The van der Waals surface area contributed by atoms with Crippen molar-refractivity contribution in [3.63, 3.8) is 0 Å². The Hall–Kier alpha value is -1.54. The maximum absolute atomic E-state index is 5.44. The zero-order valence-electron chi connectivity index (χ0n) is 13.5. The molecule has 0 atom stereocenters. The second-order valence-corrected chi connectivity index (χ2v) is 5.10. The molecular weight excluding hydrogens is 264 g/mol. The molecule has 0 bridgehead atoms. The lowest BCUT2D eigenvalue weighted by molar-refractivity contribution is 0.125. The van der Waals surface area contributed by atoms with Crippen LogP contribution < -0.4 is 10.5 Å². The Morgan fingerprint density at radius 2 is 2.05 bits per heavy atom. The second-order valence-electron chi connectivity index (χ2n) is 5.10. The zero-order chi connectivity index (χ0) is 15.7. The lowest BCUT2D eigenvalue weighted by atomic mass is 10.1. The molecule has 1 aromatic rings. The van der Waals surface area contributed by atoms with Gasteiger partial charge in [-0.2, -0.15) is 0 Å². The van der Waals surface area contributed by atoms with Gasteiger partial charge in [-0.05, 0) is 31.5 Å². The van der Waals surface area contributed by atoms with Gasteiger partial charge in [-0.25, -0.2) is 0 Å². The normalized spacial score (nSPS) is 10.6. The molecule has 1 rings (SSSR count). The second kappa shape index (κ2) is 9.41. The van der Waals surface area contributed by atoms with Gasteiger partial charge in [-0.1, -0.05) is 17.9 Å². The first-order valence-corrected chi connectivity index (χ1v) is 7.21. The van der Waals surface area contributed by atoms with Crippen LogP contribution in [0.25, 0.3) is 0 Å². The number of hydrogen-bond donors (Lipinski definition) is 1. The Kier molecular flexibility index (Phi) is 7.84. The summed E-state index contributed by atoms with van der Waals surface area (Å²) in [6.07, 6.45) is 0. The first-order chi connectivity index (χ1) is 10.1. The molecule has 1 aromatic carbocycles. The van der Waals surface area contributed by atoms with Crippen molar-refractivity contribution in [3.05, 3.63) is 29.3 Å². The van der Waals surface area contributed by atoms with E-state index in [1.165, 1.54) is 5.56 Å². The highest BCUT2D eigenvalue weighted by atomic mass is 16.5. The number of nitrogens with two attached hydrogens (primary N) is 1. The number of rotatable bonds is 7. The molecule has 4 heteroatoms. The summed E-state index contributed by atoms with van der Waals surface area (Å²) in [6, 6.07) is 6.57. The van der Waals surface area contributed by atoms with E-state index in [4.69, 9.17) is 15.2 Å². The van der Waals surface area contributed by atoms with Gasteiger partial charge in [0.2, 0.25) is 0 Å². The predicted molar refractivity (Wildman–Crippen MR) is 86.3 cm³/mol. The van der Waals surface area contributed by atoms with Crippen LogP contribution in [0.1, 0.15) is 25.0 Å². The summed E-state index contributed by atoms with van der Waals surface area (Å²) in [7, 11) is 3.38. The van der Waals surface area contributed by atoms with E-state index >= 15 is 0 Å². The van der Waals surface area contributed by atoms with Crippen molar-refractivity contribution in [1.82, 2.24) is 4.90 Å². The van der Waals surface area contributed by atoms with Crippen LogP contribution in [0.5, 0.6) is 5.75 Å². The molecule has 2 N–H and O–H groups in total. The predicted octanol–water partition coefficient (Wildman–Crippen LogP) is 1.86. The molecular formula is C17H26N2O2. The van der Waals surface area contributed by atoms with E-state index in [1.807, 2.05) is 6.07 Å². The molecule has 0 amide bonds. The largest absolute Gasteiger partial charge is 0.495 e. The van der Waals surface area contributed by atoms with Gasteiger partial charge in [0.1, 0.15) is 5.75 Å². The molecule has 116 valence electrons. The highest BCUT2D eigenvalue weighted by molar-refractivity contribution is 5.48. The summed E-state index contributed by atoms with van der Waals surface area (Å²) in [6.45, 7) is 7.22. The molecule has 21 heavy (non-hydrogen) atoms. The van der Waals surface area contributed by atoms with Gasteiger partial charge in [0.15, 0.2) is 0 Å². The molecule has 0 aliphatic carbocycles. The molecule has 0 aromatic heterocycles. The van der Waals surface area contributed by atoms with E-state index in [0.717, 1.165) is 31.0 Å². The standard InChI is InChI=1S/C17H26N2O2/c1-14(2)19(10-11-20-3)13-15-7-8-17(21-4)16(12-15)6-5-9-18/h7-8,12,14H,9-11,13,18H2,1-4H3. The van der Waals surface area contributed by atoms with Crippen molar-refractivity contribution >= 4 is 0 Å². The molecule has 0 spiro atoms. The van der Waals surface area contributed by atoms with E-state index in [2.05, 4.69) is 42.7 Å². The maximum atomic E-state index is 5.44. The topological polar surface area (TPSA) is 47.7 Å². The highest BCUT2D eigenvalue weighted by Gasteiger charge is 2.11. The highest BCUT2D eigenvalue weighted by Crippen LogP contribution is 2.20. The van der Waals surface area contributed by atoms with Crippen LogP contribution in [0.15, 0.2) is 18.2 Å². The van der Waals surface area contributed by atoms with Crippen molar-refractivity contribution in [1.29, 1.82) is 0 Å². The van der Waals surface area contributed by atoms with Gasteiger partial charge in [0.05, 0.1) is 25.8 Å². The van der Waals surface area contributed by atoms with Crippen LogP contribution in [0.4, 0.5) is 0 Å². The summed E-state index contributed by atoms with van der Waals surface area (Å²) >= 11 is 0. The van der Waals surface area contributed by atoms with Crippen LogP contribution in [-0.2, 0) is 11.3 Å². The minimum atomic E-state index is 0.347. The van der Waals surface area contributed by atoms with Crippen molar-refractivity contribution in [3.8, 4) is 17.6 Å². The Bertz CT molecular complexity index is 489. The number of methoxy groups -OCH3 is 2. The van der Waals surface area contributed by atoms with Crippen molar-refractivity contribution in [2.45, 2.75) is 26.4 Å². The van der Waals surface area contributed by atoms with Crippen molar-refractivity contribution < 1.29 is 9.47 Å². The fraction of sp³-hybridized carbons (Fsp3) is 0.529. The molecule has 0 saturated carbocycles. The maximum Gasteiger partial charge on any atom is 0.134 e. The number of hydrogen-bond acceptors (Lipinski definition) is 4. The van der Waals surface area contributed by atoms with E-state index < -0.39 is 0 Å². The molecule has 0 saturated heterocycles. The van der Waals surface area contributed by atoms with Gasteiger partial charge >= 0.3 is 0 Å². The molecule has 0 radical (unpaired) electrons. The van der Waals surface area contributed by atoms with E-state index in [9.17, 15) is 0 Å². The van der Waals surface area contributed by atoms with Crippen LogP contribution >= 0.6 is 0 Å². The fourth-order valence-electron chi connectivity index (χ4n) is 2.06. The van der Waals surface area contributed by atoms with Gasteiger partial charge in [0, 0.05) is 26.2 Å². The fourth-order valence-corrected chi connectivity index (χ4v) is 2.06. The van der Waals surface area contributed by atoms with Gasteiger partial charge in [-0.15, -0.1) is 0 Å². The molecule has 0 aliphatic heterocycles. The lowest BCUT2D eigenvalue weighted by Crippen LogP contribution is -2.33. The average Bonchev–Trinajstić information content (AvgIpc) is 2.49. The zero-order valence-corrected chi connectivity index (χ0v) is 13.5. The Balaban J connectivity index is 2.91. The van der Waals surface area contributed by atoms with Crippen LogP contribution in [0, 0.1) is 11.8 Å². The van der Waals surface area contributed by atoms with Crippen molar-refractivity contribution in [2.75, 3.05) is 33.9 Å². The summed E-state index contributed by atoms with van der Waals surface area (Å²) in [4.78, 5) is 2.37. The summed E-state index contributed by atoms with van der Waals surface area (Å²) < 4.78 is 10.5.